The second-order valence-electron chi connectivity index (χ2n) is 5.38. The van der Waals surface area contributed by atoms with Crippen molar-refractivity contribution >= 4 is 11.3 Å². The van der Waals surface area contributed by atoms with Crippen LogP contribution >= 0.6 is 11.3 Å². The van der Waals surface area contributed by atoms with E-state index in [1.165, 1.54) is 51.5 Å². The molecule has 1 aromatic carbocycles. The van der Waals surface area contributed by atoms with E-state index in [0.717, 1.165) is 0 Å². The minimum Gasteiger partial charge on any atom is -0.312 e. The van der Waals surface area contributed by atoms with Crippen molar-refractivity contribution in [3.8, 4) is 10.6 Å². The lowest BCUT2D eigenvalue weighted by molar-refractivity contribution is 0.490. The zero-order valence-corrected chi connectivity index (χ0v) is 12.6. The van der Waals surface area contributed by atoms with E-state index in [-0.39, 0.29) is 0 Å². The molecule has 0 fully saturated rings. The van der Waals surface area contributed by atoms with Crippen molar-refractivity contribution in [2.24, 2.45) is 0 Å². The molecule has 2 aromatic rings. The van der Waals surface area contributed by atoms with Crippen molar-refractivity contribution in [1.29, 1.82) is 0 Å². The lowest BCUT2D eigenvalue weighted by Crippen LogP contribution is -2.21. The molecule has 0 saturated heterocycles. The first kappa shape index (κ1) is 12.8. The number of hydrogen-bond acceptors (Lipinski definition) is 3. The van der Waals surface area contributed by atoms with Gasteiger partial charge in [0, 0.05) is 10.4 Å². The molecule has 0 bridgehead atoms. The van der Waals surface area contributed by atoms with Crippen LogP contribution in [0.2, 0.25) is 0 Å². The summed E-state index contributed by atoms with van der Waals surface area (Å²) in [7, 11) is 2.04. The quantitative estimate of drug-likeness (QED) is 0.893. The third kappa shape index (κ3) is 2.33. The highest BCUT2D eigenvalue weighted by Gasteiger charge is 2.24. The van der Waals surface area contributed by atoms with E-state index in [1.807, 2.05) is 18.4 Å². The third-order valence-corrected chi connectivity index (χ3v) is 5.08. The summed E-state index contributed by atoms with van der Waals surface area (Å²) in [6.45, 7) is 4.32. The highest BCUT2D eigenvalue weighted by Crippen LogP contribution is 2.37. The van der Waals surface area contributed by atoms with Crippen LogP contribution in [0.4, 0.5) is 0 Å². The van der Waals surface area contributed by atoms with E-state index in [9.17, 15) is 0 Å². The summed E-state index contributed by atoms with van der Waals surface area (Å²) in [4.78, 5) is 6.39. The average molecular weight is 272 g/mol. The van der Waals surface area contributed by atoms with Crippen LogP contribution in [-0.2, 0) is 6.42 Å². The van der Waals surface area contributed by atoms with Crippen LogP contribution in [0.5, 0.6) is 0 Å². The van der Waals surface area contributed by atoms with Gasteiger partial charge in [0.15, 0.2) is 0 Å². The van der Waals surface area contributed by atoms with Crippen LogP contribution in [0.3, 0.4) is 0 Å². The Morgan fingerprint density at radius 1 is 1.32 bits per heavy atom. The largest absolute Gasteiger partial charge is 0.312 e. The topological polar surface area (TPSA) is 24.9 Å². The first-order valence-electron chi connectivity index (χ1n) is 6.93. The molecule has 1 N–H and O–H groups in total. The van der Waals surface area contributed by atoms with Crippen LogP contribution in [0.1, 0.15) is 40.6 Å². The molecule has 3 rings (SSSR count). The monoisotopic (exact) mass is 272 g/mol. The molecule has 0 saturated carbocycles. The fourth-order valence-electron chi connectivity index (χ4n) is 2.87. The first-order valence-corrected chi connectivity index (χ1v) is 7.75. The van der Waals surface area contributed by atoms with Gasteiger partial charge in [-0.1, -0.05) is 23.8 Å². The Balaban J connectivity index is 2.05. The molecule has 19 heavy (non-hydrogen) atoms. The highest BCUT2D eigenvalue weighted by atomic mass is 32.1. The van der Waals surface area contributed by atoms with Gasteiger partial charge in [-0.2, -0.15) is 0 Å². The number of fused-ring (bicyclic) bond motifs is 1. The molecule has 1 atom stereocenters. The van der Waals surface area contributed by atoms with Gasteiger partial charge in [-0.15, -0.1) is 11.3 Å². The van der Waals surface area contributed by atoms with Gasteiger partial charge in [0.05, 0.1) is 11.7 Å². The second-order valence-corrected chi connectivity index (χ2v) is 6.46. The van der Waals surface area contributed by atoms with Crippen molar-refractivity contribution in [2.45, 2.75) is 39.2 Å². The summed E-state index contributed by atoms with van der Waals surface area (Å²) >= 11 is 1.88. The molecular weight excluding hydrogens is 252 g/mol. The van der Waals surface area contributed by atoms with Gasteiger partial charge in [-0.05, 0) is 45.7 Å². The Kier molecular flexibility index (Phi) is 3.42. The molecule has 100 valence electrons. The minimum absolute atomic E-state index is 0.444. The molecule has 2 nitrogen and oxygen atoms in total. The van der Waals surface area contributed by atoms with Gasteiger partial charge < -0.3 is 5.32 Å². The Bertz CT molecular complexity index is 601. The summed E-state index contributed by atoms with van der Waals surface area (Å²) in [6.07, 6.45) is 3.67. The zero-order chi connectivity index (χ0) is 13.4. The number of aryl methyl sites for hydroxylation is 3. The maximum Gasteiger partial charge on any atom is 0.124 e. The van der Waals surface area contributed by atoms with Gasteiger partial charge in [0.2, 0.25) is 0 Å². The fourth-order valence-corrected chi connectivity index (χ4v) is 4.12. The predicted octanol–water partition coefficient (Wildman–Crippen LogP) is 4.02. The summed E-state index contributed by atoms with van der Waals surface area (Å²) < 4.78 is 0. The summed E-state index contributed by atoms with van der Waals surface area (Å²) in [6, 6.07) is 7.08. The fraction of sp³-hybridized carbons (Fsp3) is 0.438. The normalized spacial score (nSPS) is 18.4. The lowest BCUT2D eigenvalue weighted by Gasteiger charge is -2.19. The minimum atomic E-state index is 0.444. The van der Waals surface area contributed by atoms with Crippen LogP contribution in [0.15, 0.2) is 18.2 Å². The van der Waals surface area contributed by atoms with E-state index < -0.39 is 0 Å². The van der Waals surface area contributed by atoms with Gasteiger partial charge in [0.25, 0.3) is 0 Å². The summed E-state index contributed by atoms with van der Waals surface area (Å²) in [5.41, 5.74) is 5.22. The molecule has 0 spiro atoms. The maximum absolute atomic E-state index is 4.92. The van der Waals surface area contributed by atoms with Crippen molar-refractivity contribution in [3.63, 3.8) is 0 Å². The van der Waals surface area contributed by atoms with E-state index in [1.54, 1.807) is 0 Å². The second kappa shape index (κ2) is 5.06. The van der Waals surface area contributed by atoms with Crippen molar-refractivity contribution < 1.29 is 0 Å². The van der Waals surface area contributed by atoms with Crippen LogP contribution in [-0.4, -0.2) is 12.0 Å². The summed E-state index contributed by atoms with van der Waals surface area (Å²) in [5, 5.41) is 4.58. The Morgan fingerprint density at radius 2 is 2.16 bits per heavy atom. The van der Waals surface area contributed by atoms with Crippen LogP contribution < -0.4 is 5.32 Å². The maximum atomic E-state index is 4.92. The molecule has 0 radical (unpaired) electrons. The third-order valence-electron chi connectivity index (χ3n) is 3.92. The predicted molar refractivity (Wildman–Crippen MR) is 81.8 cm³/mol. The molecule has 3 heteroatoms. The Labute approximate surface area is 118 Å². The number of nitrogens with one attached hydrogen (secondary N) is 1. The number of aromatic nitrogens is 1. The Hall–Kier alpha value is -1.19. The summed E-state index contributed by atoms with van der Waals surface area (Å²) in [5.74, 6) is 0. The van der Waals surface area contributed by atoms with E-state index in [2.05, 4.69) is 37.4 Å². The van der Waals surface area contributed by atoms with Gasteiger partial charge in [0.1, 0.15) is 5.01 Å². The van der Waals surface area contributed by atoms with Crippen LogP contribution in [0.25, 0.3) is 10.6 Å². The standard InChI is InChI=1S/C16H20N2S/c1-10-7-8-12(11(2)9-10)16-18-15-13(17-3)5-4-6-14(15)19-16/h7-9,13,17H,4-6H2,1-3H3. The lowest BCUT2D eigenvalue weighted by atomic mass is 9.98. The van der Waals surface area contributed by atoms with E-state index >= 15 is 0 Å². The van der Waals surface area contributed by atoms with Gasteiger partial charge >= 0.3 is 0 Å². The molecule has 0 amide bonds. The van der Waals surface area contributed by atoms with Crippen molar-refractivity contribution in [3.05, 3.63) is 39.9 Å². The number of thiazole rings is 1. The highest BCUT2D eigenvalue weighted by molar-refractivity contribution is 7.15. The van der Waals surface area contributed by atoms with Gasteiger partial charge in [-0.3, -0.25) is 0 Å². The number of hydrogen-bond donors (Lipinski definition) is 1. The zero-order valence-electron chi connectivity index (χ0n) is 11.8. The number of nitrogens with zero attached hydrogens (tertiary/aromatic N) is 1. The van der Waals surface area contributed by atoms with Gasteiger partial charge in [-0.25, -0.2) is 4.98 Å². The van der Waals surface area contributed by atoms with Crippen molar-refractivity contribution in [1.82, 2.24) is 10.3 Å². The molecule has 1 heterocycles. The van der Waals surface area contributed by atoms with E-state index in [0.29, 0.717) is 6.04 Å². The van der Waals surface area contributed by atoms with E-state index in [4.69, 9.17) is 4.98 Å². The molecule has 1 aromatic heterocycles. The smallest absolute Gasteiger partial charge is 0.124 e. The van der Waals surface area contributed by atoms with Crippen molar-refractivity contribution in [2.75, 3.05) is 7.05 Å². The first-order chi connectivity index (χ1) is 9.19. The van der Waals surface area contributed by atoms with Crippen LogP contribution in [0, 0.1) is 13.8 Å². The average Bonchev–Trinajstić information content (AvgIpc) is 2.81. The number of rotatable bonds is 2. The molecule has 1 aliphatic rings. The SMILES string of the molecule is CNC1CCCc2sc(-c3ccc(C)cc3C)nc21. The molecule has 1 aliphatic carbocycles. The molecule has 1 unspecified atom stereocenters. The number of benzene rings is 1. The Morgan fingerprint density at radius 3 is 2.89 bits per heavy atom. The molecular formula is C16H20N2S. The molecule has 0 aliphatic heterocycles.